The van der Waals surface area contributed by atoms with Crippen LogP contribution in [0.15, 0.2) is 18.3 Å². The van der Waals surface area contributed by atoms with Gasteiger partial charge in [-0.05, 0) is 31.9 Å². The summed E-state index contributed by atoms with van der Waals surface area (Å²) in [7, 11) is 0. The quantitative estimate of drug-likeness (QED) is 0.855. The number of hydrogen-bond donors (Lipinski definition) is 2. The van der Waals surface area contributed by atoms with Crippen molar-refractivity contribution in [3.8, 4) is 0 Å². The minimum Gasteiger partial charge on any atom is -0.345 e. The topological polar surface area (TPSA) is 68.0 Å². The minimum absolute atomic E-state index is 0.0482. The second-order valence-electron chi connectivity index (χ2n) is 5.14. The number of rotatable bonds is 3. The second kappa shape index (κ2) is 5.48. The lowest BCUT2D eigenvalue weighted by Gasteiger charge is -2.37. The van der Waals surface area contributed by atoms with E-state index in [1.54, 1.807) is 12.3 Å². The Morgan fingerprint density at radius 1 is 1.44 bits per heavy atom. The molecule has 0 aliphatic heterocycles. The molecule has 1 heterocycles. The molecule has 0 spiro atoms. The molecule has 98 valence electrons. The molecule has 1 saturated carbocycles. The fourth-order valence-electron chi connectivity index (χ4n) is 2.64. The number of nitrogens with one attached hydrogen (secondary N) is 1. The highest BCUT2D eigenvalue weighted by atomic mass is 16.1. The van der Waals surface area contributed by atoms with E-state index in [4.69, 9.17) is 5.73 Å². The Hall–Kier alpha value is -1.42. The Morgan fingerprint density at radius 2 is 2.17 bits per heavy atom. The van der Waals surface area contributed by atoms with E-state index in [0.29, 0.717) is 12.1 Å². The molecule has 0 aromatic carbocycles. The lowest BCUT2D eigenvalue weighted by molar-refractivity contribution is 0.0873. The maximum Gasteiger partial charge on any atom is 0.253 e. The smallest absolute Gasteiger partial charge is 0.253 e. The highest BCUT2D eigenvalue weighted by Gasteiger charge is 2.32. The zero-order valence-corrected chi connectivity index (χ0v) is 10.9. The Bertz CT molecular complexity index is 425. The highest BCUT2D eigenvalue weighted by molar-refractivity contribution is 5.95. The van der Waals surface area contributed by atoms with Crippen LogP contribution < -0.4 is 11.1 Å². The van der Waals surface area contributed by atoms with Crippen molar-refractivity contribution in [3.05, 3.63) is 29.6 Å². The first-order valence-corrected chi connectivity index (χ1v) is 6.61. The normalized spacial score (nSPS) is 18.3. The van der Waals surface area contributed by atoms with Crippen molar-refractivity contribution in [2.75, 3.05) is 6.54 Å². The summed E-state index contributed by atoms with van der Waals surface area (Å²) in [5, 5.41) is 3.14. The molecule has 1 fully saturated rings. The standard InChI is InChI=1S/C14H21N3O/c1-11-12(6-5-9-16-11)13(18)17-14(10-15)7-3-2-4-8-14/h5-6,9H,2-4,7-8,10,15H2,1H3,(H,17,18). The van der Waals surface area contributed by atoms with Gasteiger partial charge in [0.25, 0.3) is 5.91 Å². The molecule has 18 heavy (non-hydrogen) atoms. The molecule has 1 aromatic heterocycles. The van der Waals surface area contributed by atoms with Crippen LogP contribution in [0.2, 0.25) is 0 Å². The van der Waals surface area contributed by atoms with Crippen LogP contribution in [0.1, 0.15) is 48.2 Å². The van der Waals surface area contributed by atoms with Crippen LogP contribution in [0, 0.1) is 6.92 Å². The van der Waals surface area contributed by atoms with Crippen LogP contribution in [-0.4, -0.2) is 23.0 Å². The summed E-state index contributed by atoms with van der Waals surface area (Å²) in [6.07, 6.45) is 7.19. The predicted molar refractivity (Wildman–Crippen MR) is 71.3 cm³/mol. The van der Waals surface area contributed by atoms with Gasteiger partial charge in [0.1, 0.15) is 0 Å². The second-order valence-corrected chi connectivity index (χ2v) is 5.14. The molecular formula is C14H21N3O. The van der Waals surface area contributed by atoms with E-state index in [0.717, 1.165) is 31.4 Å². The van der Waals surface area contributed by atoms with E-state index in [1.807, 2.05) is 13.0 Å². The fraction of sp³-hybridized carbons (Fsp3) is 0.571. The number of hydrogen-bond acceptors (Lipinski definition) is 3. The summed E-state index contributed by atoms with van der Waals surface area (Å²) in [6, 6.07) is 3.60. The van der Waals surface area contributed by atoms with Crippen LogP contribution in [0.4, 0.5) is 0 Å². The van der Waals surface area contributed by atoms with E-state index in [2.05, 4.69) is 10.3 Å². The number of pyridine rings is 1. The van der Waals surface area contributed by atoms with Crippen LogP contribution in [0.3, 0.4) is 0 Å². The van der Waals surface area contributed by atoms with E-state index >= 15 is 0 Å². The zero-order chi connectivity index (χ0) is 13.0. The summed E-state index contributed by atoms with van der Waals surface area (Å²) in [5.74, 6) is -0.0482. The lowest BCUT2D eigenvalue weighted by Crippen LogP contribution is -2.54. The van der Waals surface area contributed by atoms with Gasteiger partial charge >= 0.3 is 0 Å². The number of nitrogens with two attached hydrogens (primary N) is 1. The van der Waals surface area contributed by atoms with Crippen molar-refractivity contribution >= 4 is 5.91 Å². The van der Waals surface area contributed by atoms with Crippen molar-refractivity contribution < 1.29 is 4.79 Å². The van der Waals surface area contributed by atoms with E-state index in [1.165, 1.54) is 6.42 Å². The summed E-state index contributed by atoms with van der Waals surface area (Å²) in [4.78, 5) is 16.4. The number of carbonyl (C=O) groups excluding carboxylic acids is 1. The van der Waals surface area contributed by atoms with Gasteiger partial charge < -0.3 is 11.1 Å². The first-order chi connectivity index (χ1) is 8.67. The largest absolute Gasteiger partial charge is 0.345 e. The number of nitrogens with zero attached hydrogens (tertiary/aromatic N) is 1. The third-order valence-electron chi connectivity index (χ3n) is 3.83. The third kappa shape index (κ3) is 2.70. The van der Waals surface area contributed by atoms with Gasteiger partial charge in [-0.25, -0.2) is 0 Å². The molecule has 1 aliphatic rings. The Morgan fingerprint density at radius 3 is 2.78 bits per heavy atom. The molecule has 0 radical (unpaired) electrons. The monoisotopic (exact) mass is 247 g/mol. The van der Waals surface area contributed by atoms with Gasteiger partial charge in [0.15, 0.2) is 0 Å². The molecule has 1 amide bonds. The van der Waals surface area contributed by atoms with Crippen LogP contribution >= 0.6 is 0 Å². The van der Waals surface area contributed by atoms with E-state index in [-0.39, 0.29) is 11.4 Å². The van der Waals surface area contributed by atoms with Gasteiger partial charge in [0.2, 0.25) is 0 Å². The maximum atomic E-state index is 12.3. The van der Waals surface area contributed by atoms with Gasteiger partial charge in [-0.15, -0.1) is 0 Å². The molecule has 0 bridgehead atoms. The van der Waals surface area contributed by atoms with Gasteiger partial charge in [-0.1, -0.05) is 19.3 Å². The maximum absolute atomic E-state index is 12.3. The average Bonchev–Trinajstić information content (AvgIpc) is 2.40. The number of aromatic nitrogens is 1. The fourth-order valence-corrected chi connectivity index (χ4v) is 2.64. The van der Waals surface area contributed by atoms with Gasteiger partial charge in [0.05, 0.1) is 11.1 Å². The van der Waals surface area contributed by atoms with E-state index in [9.17, 15) is 4.79 Å². The van der Waals surface area contributed by atoms with Crippen molar-refractivity contribution in [3.63, 3.8) is 0 Å². The van der Waals surface area contributed by atoms with Crippen LogP contribution in [0.5, 0.6) is 0 Å². The van der Waals surface area contributed by atoms with Crippen molar-refractivity contribution in [2.24, 2.45) is 5.73 Å². The lowest BCUT2D eigenvalue weighted by atomic mass is 9.81. The molecular weight excluding hydrogens is 226 g/mol. The molecule has 0 atom stereocenters. The molecule has 1 aromatic rings. The zero-order valence-electron chi connectivity index (χ0n) is 10.9. The number of amides is 1. The molecule has 4 nitrogen and oxygen atoms in total. The van der Waals surface area contributed by atoms with Crippen molar-refractivity contribution in [1.29, 1.82) is 0 Å². The highest BCUT2D eigenvalue weighted by Crippen LogP contribution is 2.27. The molecule has 1 aliphatic carbocycles. The first kappa shape index (κ1) is 13.0. The molecule has 0 unspecified atom stereocenters. The summed E-state index contributed by atoms with van der Waals surface area (Å²) in [6.45, 7) is 2.36. The Kier molecular flexibility index (Phi) is 3.97. The molecule has 2 rings (SSSR count). The summed E-state index contributed by atoms with van der Waals surface area (Å²) in [5.41, 5.74) is 7.07. The van der Waals surface area contributed by atoms with Crippen molar-refractivity contribution in [1.82, 2.24) is 10.3 Å². The minimum atomic E-state index is -0.211. The SMILES string of the molecule is Cc1ncccc1C(=O)NC1(CN)CCCCC1. The van der Waals surface area contributed by atoms with Crippen LogP contribution in [-0.2, 0) is 0 Å². The summed E-state index contributed by atoms with van der Waals surface area (Å²) >= 11 is 0. The third-order valence-corrected chi connectivity index (χ3v) is 3.83. The Balaban J connectivity index is 2.13. The van der Waals surface area contributed by atoms with Gasteiger partial charge in [0, 0.05) is 18.4 Å². The van der Waals surface area contributed by atoms with Gasteiger partial charge in [-0.2, -0.15) is 0 Å². The number of aryl methyl sites for hydroxylation is 1. The van der Waals surface area contributed by atoms with Gasteiger partial charge in [-0.3, -0.25) is 9.78 Å². The van der Waals surface area contributed by atoms with E-state index < -0.39 is 0 Å². The first-order valence-electron chi connectivity index (χ1n) is 6.61. The Labute approximate surface area is 108 Å². The van der Waals surface area contributed by atoms with Crippen molar-refractivity contribution in [2.45, 2.75) is 44.6 Å². The average molecular weight is 247 g/mol. The molecule has 0 saturated heterocycles. The van der Waals surface area contributed by atoms with Crippen LogP contribution in [0.25, 0.3) is 0 Å². The number of carbonyl (C=O) groups is 1. The molecule has 3 N–H and O–H groups in total. The summed E-state index contributed by atoms with van der Waals surface area (Å²) < 4.78 is 0. The predicted octanol–water partition coefficient (Wildman–Crippen LogP) is 1.78. The molecule has 4 heteroatoms.